The van der Waals surface area contributed by atoms with E-state index in [2.05, 4.69) is 5.32 Å². The van der Waals surface area contributed by atoms with Crippen molar-refractivity contribution in [1.29, 1.82) is 0 Å². The zero-order chi connectivity index (χ0) is 47.1. The van der Waals surface area contributed by atoms with Crippen molar-refractivity contribution in [3.8, 4) is 0 Å². The Balaban J connectivity index is 0.00000592. The third-order valence-electron chi connectivity index (χ3n) is 12.2. The first kappa shape index (κ1) is 47.1. The molecule has 4 aliphatic carbocycles. The molecule has 2 aromatic heterocycles. The monoisotopic (exact) mass is 1020 g/mol. The van der Waals surface area contributed by atoms with Crippen LogP contribution >= 0.6 is 0 Å². The molecule has 5 heterocycles. The van der Waals surface area contributed by atoms with Gasteiger partial charge >= 0.3 is 19.5 Å². The van der Waals surface area contributed by atoms with E-state index in [1.807, 2.05) is 0 Å². The van der Waals surface area contributed by atoms with Crippen molar-refractivity contribution in [1.82, 2.24) is 15.3 Å². The number of nitrogens with one attached hydrogen (secondary N) is 1. The number of amidine groups is 3. The summed E-state index contributed by atoms with van der Waals surface area (Å²) in [6.07, 6.45) is 21.0. The summed E-state index contributed by atoms with van der Waals surface area (Å²) in [5, 5.41) is 3.28. The molecule has 3 aliphatic heterocycles. The minimum absolute atomic E-state index is 0. The third-order valence-corrected chi connectivity index (χ3v) is 17.8. The minimum atomic E-state index is -4.74. The Hall–Kier alpha value is -5.37. The van der Waals surface area contributed by atoms with Gasteiger partial charge in [0.05, 0.1) is 23.2 Å². The second-order valence-electron chi connectivity index (χ2n) is 16.9. The maximum absolute atomic E-state index is 12.7. The smallest absolute Gasteiger partial charge is 0.367 e. The van der Waals surface area contributed by atoms with Crippen LogP contribution in [0.5, 0.6) is 0 Å². The van der Waals surface area contributed by atoms with Crippen molar-refractivity contribution in [2.45, 2.75) is 59.3 Å². The first-order valence-electron chi connectivity index (χ1n) is 19.3. The fourth-order valence-corrected chi connectivity index (χ4v) is 9.57. The topological polar surface area (TPSA) is 320 Å². The SMILES string of the molecule is CC12/N=c3\[n-]c(c4c3C=CC(C)(S(=O)(=O)O)C=C4)=NC3=N/C(=N\c4[n-]c(c5c4C=CC(C)(S(=O)(=O)O)C=C5)/N=C(\N1)C1=C2C=CC(C)(S(=O)(=O)O)C=C1)C1=C3C=CC(C)(S(=O)(=O)O)C=C1.[Zn+2]. The predicted molar refractivity (Wildman–Crippen MR) is 242 cm³/mol. The molecular formula is C41H36N8O12S4Zn. The van der Waals surface area contributed by atoms with Crippen LogP contribution < -0.4 is 26.3 Å². The van der Waals surface area contributed by atoms with Gasteiger partial charge in [-0.05, 0) is 62.4 Å². The maximum Gasteiger partial charge on any atom is 2.00 e. The average Bonchev–Trinajstić information content (AvgIpc) is 3.62. The second kappa shape index (κ2) is 14.8. The summed E-state index contributed by atoms with van der Waals surface area (Å²) in [5.74, 6) is -0.238. The van der Waals surface area contributed by atoms with Crippen molar-refractivity contribution in [3.05, 3.63) is 128 Å². The Kier molecular flexibility index (Phi) is 10.6. The molecule has 338 valence electrons. The molecular weight excluding hydrogens is 990 g/mol. The van der Waals surface area contributed by atoms with Gasteiger partial charge in [-0.25, -0.2) is 4.99 Å². The molecule has 9 rings (SSSR count). The number of aromatic nitrogens is 2. The molecule has 0 saturated heterocycles. The van der Waals surface area contributed by atoms with E-state index in [9.17, 15) is 51.9 Å². The van der Waals surface area contributed by atoms with E-state index < -0.39 is 65.1 Å². The van der Waals surface area contributed by atoms with Gasteiger partial charge in [-0.15, -0.1) is 0 Å². The number of nitrogens with zero attached hydrogens (tertiary/aromatic N) is 7. The summed E-state index contributed by atoms with van der Waals surface area (Å²) < 4.78 is 135. The van der Waals surface area contributed by atoms with Crippen LogP contribution in [0.4, 0.5) is 11.6 Å². The Morgan fingerprint density at radius 2 is 0.833 bits per heavy atom. The van der Waals surface area contributed by atoms with Gasteiger partial charge in [-0.2, -0.15) is 33.7 Å². The Morgan fingerprint density at radius 3 is 1.30 bits per heavy atom. The van der Waals surface area contributed by atoms with Crippen LogP contribution in [0, 0.1) is 0 Å². The van der Waals surface area contributed by atoms with Gasteiger partial charge in [0.15, 0.2) is 0 Å². The molecule has 66 heavy (non-hydrogen) atoms. The zero-order valence-electron chi connectivity index (χ0n) is 35.3. The molecule has 5 atom stereocenters. The van der Waals surface area contributed by atoms with E-state index >= 15 is 0 Å². The number of fused-ring (bicyclic) bond motifs is 17. The normalized spacial score (nSPS) is 31.8. The van der Waals surface area contributed by atoms with Crippen molar-refractivity contribution in [2.75, 3.05) is 0 Å². The molecule has 0 saturated carbocycles. The van der Waals surface area contributed by atoms with Gasteiger partial charge in [0.1, 0.15) is 19.0 Å². The van der Waals surface area contributed by atoms with Crippen LogP contribution in [0.15, 0.2) is 120 Å². The molecule has 0 fully saturated rings. The van der Waals surface area contributed by atoms with E-state index in [4.69, 9.17) is 34.9 Å². The summed E-state index contributed by atoms with van der Waals surface area (Å²) in [6.45, 7) is 6.68. The molecule has 2 aromatic rings. The van der Waals surface area contributed by atoms with Gasteiger partial charge in [0.2, 0.25) is 0 Å². The molecule has 0 aromatic carbocycles. The van der Waals surface area contributed by atoms with Gasteiger partial charge in [0.25, 0.3) is 40.5 Å². The minimum Gasteiger partial charge on any atom is -0.367 e. The molecule has 5 unspecified atom stereocenters. The van der Waals surface area contributed by atoms with Crippen molar-refractivity contribution in [2.24, 2.45) is 25.0 Å². The summed E-state index contributed by atoms with van der Waals surface area (Å²) >= 11 is 0. The number of hydrogen-bond donors (Lipinski definition) is 5. The van der Waals surface area contributed by atoms with Crippen LogP contribution in [0.3, 0.4) is 0 Å². The quantitative estimate of drug-likeness (QED) is 0.217. The number of aliphatic imine (C=N–C) groups is 3. The van der Waals surface area contributed by atoms with Crippen molar-refractivity contribution < 1.29 is 71.4 Å². The van der Waals surface area contributed by atoms with E-state index in [0.29, 0.717) is 5.57 Å². The third kappa shape index (κ3) is 7.36. The van der Waals surface area contributed by atoms with E-state index in [1.165, 1.54) is 125 Å². The predicted octanol–water partition coefficient (Wildman–Crippen LogP) is 2.85. The van der Waals surface area contributed by atoms with Gasteiger partial charge in [0, 0.05) is 39.3 Å². The standard InChI is InChI=1S/C41H36N8O12S4.Zn/c1-37(62(50,51)52)14-6-22-23(7-15-37)31-42-30(22)43-32-24-8-16-38(2,63(53,54)55)17-9-25(24)33(44-32)47-36-28-12-20-40(4,65(59,60)61)21-13-29(28)41(5,49-36)48-35-27-11-19-39(3,64(56,57)58)18-10-26(27)34(45-31)46-35;/h6-21H,1-5H3,(H5-,42,43,45,46,47,48,49,50,51,52,53,54,55,56,57,58,59,60,61);/q-2;+2. The average molecular weight is 1030 g/mol. The fraction of sp³-hybridized carbons (Fsp3) is 0.244. The first-order chi connectivity index (χ1) is 30.0. The summed E-state index contributed by atoms with van der Waals surface area (Å²) in [5.41, 5.74) is 0.178. The van der Waals surface area contributed by atoms with Crippen LogP contribution in [0.25, 0.3) is 24.3 Å². The molecule has 0 amide bonds. The molecule has 0 radical (unpaired) electrons. The van der Waals surface area contributed by atoms with Gasteiger partial charge < -0.3 is 35.3 Å². The van der Waals surface area contributed by atoms with Crippen LogP contribution in [0.2, 0.25) is 0 Å². The zero-order valence-corrected chi connectivity index (χ0v) is 41.5. The van der Waals surface area contributed by atoms with Crippen molar-refractivity contribution >= 4 is 93.9 Å². The van der Waals surface area contributed by atoms with E-state index in [1.54, 1.807) is 6.92 Å². The number of rotatable bonds is 4. The molecule has 25 heteroatoms. The Bertz CT molecular complexity index is 3660. The van der Waals surface area contributed by atoms with Crippen LogP contribution in [-0.2, 0) is 60.0 Å². The maximum atomic E-state index is 12.7. The summed E-state index contributed by atoms with van der Waals surface area (Å²) in [7, 11) is -19.0. The first-order valence-corrected chi connectivity index (χ1v) is 25.1. The Morgan fingerprint density at radius 1 is 0.455 bits per heavy atom. The van der Waals surface area contributed by atoms with Crippen molar-refractivity contribution in [3.63, 3.8) is 0 Å². The van der Waals surface area contributed by atoms with Crippen LogP contribution in [-0.4, -0.2) is 94.0 Å². The molecule has 5 N–H and O–H groups in total. The Labute approximate surface area is 390 Å². The summed E-state index contributed by atoms with van der Waals surface area (Å²) in [4.78, 5) is 33.8. The molecule has 7 aliphatic rings. The fourth-order valence-electron chi connectivity index (χ4n) is 7.65. The van der Waals surface area contributed by atoms with E-state index in [-0.39, 0.29) is 98.6 Å². The summed E-state index contributed by atoms with van der Waals surface area (Å²) in [6, 6.07) is 0. The van der Waals surface area contributed by atoms with Gasteiger partial charge in [-0.3, -0.25) is 18.2 Å². The largest absolute Gasteiger partial charge is 2.00 e. The molecule has 0 spiro atoms. The molecule has 8 bridgehead atoms. The van der Waals surface area contributed by atoms with E-state index in [0.717, 1.165) is 0 Å². The van der Waals surface area contributed by atoms with Gasteiger partial charge in [-0.1, -0.05) is 97.2 Å². The van der Waals surface area contributed by atoms with Crippen LogP contribution in [0.1, 0.15) is 56.9 Å². The molecule has 20 nitrogen and oxygen atoms in total. The second-order valence-corrected chi connectivity index (χ2v) is 24.2. The number of hydrogen-bond acceptors (Lipinski definition) is 14.